The third kappa shape index (κ3) is 6.61. The van der Waals surface area contributed by atoms with Crippen LogP contribution >= 0.6 is 11.6 Å². The Balaban J connectivity index is 1.35. The van der Waals surface area contributed by atoms with Crippen molar-refractivity contribution in [3.8, 4) is 11.3 Å². The number of hydrogen-bond donors (Lipinski definition) is 0. The highest BCUT2D eigenvalue weighted by Gasteiger charge is 2.26. The fourth-order valence-electron chi connectivity index (χ4n) is 4.15. The van der Waals surface area contributed by atoms with Crippen LogP contribution < -0.4 is 4.90 Å². The predicted molar refractivity (Wildman–Crippen MR) is 143 cm³/mol. The molecule has 0 atom stereocenters. The van der Waals surface area contributed by atoms with Crippen molar-refractivity contribution in [1.29, 1.82) is 0 Å². The average Bonchev–Trinajstić information content (AvgIpc) is 2.91. The molecule has 1 saturated heterocycles. The standard InChI is InChI=1S/C28H32ClN5O2/c1-21(2)14-15-34(28(36)23-8-10-24(29)11-9-23)20-27(35)33-18-16-32(17-19-33)26-13-12-25(30-31-26)22-6-4-3-5-7-22/h3-13,21H,14-20H2,1-2H3. The number of aromatic nitrogens is 2. The molecule has 1 fully saturated rings. The number of carbonyl (C=O) groups excluding carboxylic acids is 2. The van der Waals surface area contributed by atoms with Gasteiger partial charge in [-0.3, -0.25) is 9.59 Å². The van der Waals surface area contributed by atoms with Gasteiger partial charge in [-0.15, -0.1) is 10.2 Å². The van der Waals surface area contributed by atoms with Crippen LogP contribution in [0.1, 0.15) is 30.6 Å². The molecule has 8 heteroatoms. The Bertz CT molecular complexity index is 1140. The average molecular weight is 506 g/mol. The lowest BCUT2D eigenvalue weighted by Crippen LogP contribution is -2.52. The van der Waals surface area contributed by atoms with E-state index in [1.54, 1.807) is 29.2 Å². The minimum atomic E-state index is -0.145. The summed E-state index contributed by atoms with van der Waals surface area (Å²) < 4.78 is 0. The van der Waals surface area contributed by atoms with Crippen molar-refractivity contribution in [3.63, 3.8) is 0 Å². The van der Waals surface area contributed by atoms with Gasteiger partial charge in [-0.2, -0.15) is 0 Å². The van der Waals surface area contributed by atoms with Gasteiger partial charge in [-0.05, 0) is 48.7 Å². The number of benzene rings is 2. The summed E-state index contributed by atoms with van der Waals surface area (Å²) in [5, 5.41) is 9.37. The summed E-state index contributed by atoms with van der Waals surface area (Å²) in [6, 6.07) is 20.7. The lowest BCUT2D eigenvalue weighted by molar-refractivity contribution is -0.132. The third-order valence-electron chi connectivity index (χ3n) is 6.36. The zero-order chi connectivity index (χ0) is 25.5. The molecule has 0 bridgehead atoms. The van der Waals surface area contributed by atoms with Crippen LogP contribution in [0.25, 0.3) is 11.3 Å². The Morgan fingerprint density at radius 1 is 0.917 bits per heavy atom. The largest absolute Gasteiger partial charge is 0.352 e. The molecule has 1 aliphatic rings. The van der Waals surface area contributed by atoms with Crippen LogP contribution in [0, 0.1) is 5.92 Å². The van der Waals surface area contributed by atoms with Crippen LogP contribution in [0.4, 0.5) is 5.82 Å². The van der Waals surface area contributed by atoms with Gasteiger partial charge in [0.1, 0.15) is 6.54 Å². The molecule has 0 radical (unpaired) electrons. The number of hydrogen-bond acceptors (Lipinski definition) is 5. The monoisotopic (exact) mass is 505 g/mol. The smallest absolute Gasteiger partial charge is 0.254 e. The minimum Gasteiger partial charge on any atom is -0.352 e. The Morgan fingerprint density at radius 2 is 1.61 bits per heavy atom. The summed E-state index contributed by atoms with van der Waals surface area (Å²) in [5.41, 5.74) is 2.40. The highest BCUT2D eigenvalue weighted by Crippen LogP contribution is 2.19. The first-order valence-electron chi connectivity index (χ1n) is 12.4. The first-order valence-corrected chi connectivity index (χ1v) is 12.7. The summed E-state index contributed by atoms with van der Waals surface area (Å²) in [5.74, 6) is 1.05. The fraction of sp³-hybridized carbons (Fsp3) is 0.357. The Kier molecular flexibility index (Phi) is 8.54. The van der Waals surface area contributed by atoms with Crippen molar-refractivity contribution < 1.29 is 9.59 Å². The van der Waals surface area contributed by atoms with E-state index in [0.717, 1.165) is 23.5 Å². The molecule has 7 nitrogen and oxygen atoms in total. The Morgan fingerprint density at radius 3 is 2.22 bits per heavy atom. The van der Waals surface area contributed by atoms with Crippen LogP contribution in [-0.4, -0.2) is 71.1 Å². The molecule has 36 heavy (non-hydrogen) atoms. The maximum atomic E-state index is 13.2. The summed E-state index contributed by atoms with van der Waals surface area (Å²) in [6.07, 6.45) is 0.831. The van der Waals surface area contributed by atoms with Crippen molar-refractivity contribution in [2.45, 2.75) is 20.3 Å². The third-order valence-corrected chi connectivity index (χ3v) is 6.61. The van der Waals surface area contributed by atoms with Gasteiger partial charge in [0.2, 0.25) is 5.91 Å². The van der Waals surface area contributed by atoms with Gasteiger partial charge in [0.15, 0.2) is 5.82 Å². The molecule has 188 valence electrons. The SMILES string of the molecule is CC(C)CCN(CC(=O)N1CCN(c2ccc(-c3ccccc3)nn2)CC1)C(=O)c1ccc(Cl)cc1. The molecule has 1 aromatic heterocycles. The highest BCUT2D eigenvalue weighted by molar-refractivity contribution is 6.30. The zero-order valence-electron chi connectivity index (χ0n) is 20.8. The number of nitrogens with zero attached hydrogens (tertiary/aromatic N) is 5. The minimum absolute atomic E-state index is 0.0359. The van der Waals surface area contributed by atoms with Crippen LogP contribution in [0.3, 0.4) is 0 Å². The van der Waals surface area contributed by atoms with Gasteiger partial charge < -0.3 is 14.7 Å². The summed E-state index contributed by atoms with van der Waals surface area (Å²) in [7, 11) is 0. The van der Waals surface area contributed by atoms with Gasteiger partial charge >= 0.3 is 0 Å². The number of amides is 2. The molecule has 0 saturated carbocycles. The summed E-state index contributed by atoms with van der Waals surface area (Å²) in [6.45, 7) is 7.32. The maximum Gasteiger partial charge on any atom is 0.254 e. The second-order valence-electron chi connectivity index (χ2n) is 9.43. The molecule has 3 aromatic rings. The molecule has 2 amide bonds. The lowest BCUT2D eigenvalue weighted by atomic mass is 10.1. The van der Waals surface area contributed by atoms with E-state index in [0.29, 0.717) is 49.2 Å². The van der Waals surface area contributed by atoms with Crippen molar-refractivity contribution >= 4 is 29.2 Å². The number of anilines is 1. The second kappa shape index (κ2) is 12.0. The highest BCUT2D eigenvalue weighted by atomic mass is 35.5. The van der Waals surface area contributed by atoms with E-state index in [-0.39, 0.29) is 18.4 Å². The molecule has 4 rings (SSSR count). The normalized spacial score (nSPS) is 13.7. The summed E-state index contributed by atoms with van der Waals surface area (Å²) in [4.78, 5) is 31.9. The quantitative estimate of drug-likeness (QED) is 0.446. The van der Waals surface area contributed by atoms with E-state index in [1.807, 2.05) is 47.4 Å². The molecular weight excluding hydrogens is 474 g/mol. The van der Waals surface area contributed by atoms with E-state index in [9.17, 15) is 9.59 Å². The first kappa shape index (κ1) is 25.6. The summed E-state index contributed by atoms with van der Waals surface area (Å²) >= 11 is 5.98. The molecule has 2 aromatic carbocycles. The van der Waals surface area contributed by atoms with Crippen molar-refractivity contribution in [1.82, 2.24) is 20.0 Å². The zero-order valence-corrected chi connectivity index (χ0v) is 21.6. The van der Waals surface area contributed by atoms with Gasteiger partial charge in [-0.1, -0.05) is 55.8 Å². The van der Waals surface area contributed by atoms with Crippen LogP contribution in [0.2, 0.25) is 5.02 Å². The van der Waals surface area contributed by atoms with Crippen molar-refractivity contribution in [2.75, 3.05) is 44.2 Å². The topological polar surface area (TPSA) is 69.6 Å². The van der Waals surface area contributed by atoms with E-state index >= 15 is 0 Å². The molecule has 1 aliphatic heterocycles. The maximum absolute atomic E-state index is 13.2. The van der Waals surface area contributed by atoms with Gasteiger partial charge in [0, 0.05) is 48.9 Å². The van der Waals surface area contributed by atoms with Crippen LogP contribution in [0.5, 0.6) is 0 Å². The lowest BCUT2D eigenvalue weighted by Gasteiger charge is -2.36. The van der Waals surface area contributed by atoms with Crippen LogP contribution in [-0.2, 0) is 4.79 Å². The number of piperazine rings is 1. The molecule has 0 unspecified atom stereocenters. The van der Waals surface area contributed by atoms with Gasteiger partial charge in [0.05, 0.1) is 5.69 Å². The van der Waals surface area contributed by atoms with Crippen LogP contribution in [0.15, 0.2) is 66.7 Å². The van der Waals surface area contributed by atoms with E-state index in [1.165, 1.54) is 0 Å². The Hall–Kier alpha value is -3.45. The number of carbonyl (C=O) groups is 2. The number of rotatable bonds is 8. The molecule has 0 aliphatic carbocycles. The van der Waals surface area contributed by atoms with Crippen molar-refractivity contribution in [2.24, 2.45) is 5.92 Å². The van der Waals surface area contributed by atoms with Gasteiger partial charge in [-0.25, -0.2) is 0 Å². The fourth-order valence-corrected chi connectivity index (χ4v) is 4.27. The van der Waals surface area contributed by atoms with E-state index in [4.69, 9.17) is 11.6 Å². The molecule has 0 N–H and O–H groups in total. The predicted octanol–water partition coefficient (Wildman–Crippen LogP) is 4.63. The number of halogens is 1. The van der Waals surface area contributed by atoms with Crippen molar-refractivity contribution in [3.05, 3.63) is 77.3 Å². The van der Waals surface area contributed by atoms with Gasteiger partial charge in [0.25, 0.3) is 5.91 Å². The second-order valence-corrected chi connectivity index (χ2v) is 9.86. The first-order chi connectivity index (χ1) is 17.4. The molecule has 0 spiro atoms. The van der Waals surface area contributed by atoms with E-state index < -0.39 is 0 Å². The molecular formula is C28H32ClN5O2. The van der Waals surface area contributed by atoms with E-state index in [2.05, 4.69) is 28.9 Å². The Labute approximate surface area is 217 Å². The molecule has 2 heterocycles.